The van der Waals surface area contributed by atoms with Gasteiger partial charge in [-0.25, -0.2) is 4.39 Å². The van der Waals surface area contributed by atoms with Gasteiger partial charge in [0.25, 0.3) is 0 Å². The predicted molar refractivity (Wildman–Crippen MR) is 99.4 cm³/mol. The summed E-state index contributed by atoms with van der Waals surface area (Å²) in [6, 6.07) is 10.6. The second-order valence-corrected chi connectivity index (χ2v) is 7.63. The maximum Gasteiger partial charge on any atom is 0.237 e. The van der Waals surface area contributed by atoms with E-state index in [-0.39, 0.29) is 17.0 Å². The number of anilines is 1. The minimum atomic E-state index is -0.272. The first kappa shape index (κ1) is 18.0. The SMILES string of the molecule is Cc1cccc(C)c1NC(=O)[C@H](C)SCc1ccc(F)cc1Br. The lowest BCUT2D eigenvalue weighted by Gasteiger charge is -2.15. The van der Waals surface area contributed by atoms with E-state index >= 15 is 0 Å². The van der Waals surface area contributed by atoms with E-state index in [1.807, 2.05) is 39.0 Å². The fraction of sp³-hybridized carbons (Fsp3) is 0.278. The zero-order valence-electron chi connectivity index (χ0n) is 13.3. The van der Waals surface area contributed by atoms with Gasteiger partial charge < -0.3 is 5.32 Å². The number of aryl methyl sites for hydroxylation is 2. The Morgan fingerprint density at radius 2 is 1.91 bits per heavy atom. The first-order valence-electron chi connectivity index (χ1n) is 7.31. The summed E-state index contributed by atoms with van der Waals surface area (Å²) in [5.41, 5.74) is 3.96. The van der Waals surface area contributed by atoms with Gasteiger partial charge in [-0.2, -0.15) is 0 Å². The molecule has 0 saturated carbocycles. The molecular weight excluding hydrogens is 377 g/mol. The molecule has 0 fully saturated rings. The van der Waals surface area contributed by atoms with Crippen LogP contribution in [0.3, 0.4) is 0 Å². The van der Waals surface area contributed by atoms with Gasteiger partial charge >= 0.3 is 0 Å². The molecule has 1 N–H and O–H groups in total. The van der Waals surface area contributed by atoms with Crippen LogP contribution >= 0.6 is 27.7 Å². The molecule has 2 aromatic carbocycles. The highest BCUT2D eigenvalue weighted by molar-refractivity contribution is 9.10. The first-order valence-corrected chi connectivity index (χ1v) is 9.15. The summed E-state index contributed by atoms with van der Waals surface area (Å²) in [5.74, 6) is 0.347. The van der Waals surface area contributed by atoms with Crippen LogP contribution in [0.25, 0.3) is 0 Å². The molecule has 1 amide bonds. The summed E-state index contributed by atoms with van der Waals surface area (Å²) in [6.45, 7) is 5.84. The number of carbonyl (C=O) groups excluding carboxylic acids is 1. The van der Waals surface area contributed by atoms with Crippen molar-refractivity contribution in [2.75, 3.05) is 5.32 Å². The molecule has 2 aromatic rings. The number of rotatable bonds is 5. The predicted octanol–water partition coefficient (Wildman–Crippen LogP) is 5.47. The van der Waals surface area contributed by atoms with Gasteiger partial charge in [-0.1, -0.05) is 40.2 Å². The van der Waals surface area contributed by atoms with Gasteiger partial charge in [-0.05, 0) is 49.6 Å². The molecule has 0 heterocycles. The van der Waals surface area contributed by atoms with Crippen LogP contribution in [-0.2, 0) is 10.5 Å². The maximum atomic E-state index is 13.1. The number of thioether (sulfide) groups is 1. The highest BCUT2D eigenvalue weighted by atomic mass is 79.9. The van der Waals surface area contributed by atoms with E-state index in [1.165, 1.54) is 23.9 Å². The molecule has 23 heavy (non-hydrogen) atoms. The summed E-state index contributed by atoms with van der Waals surface area (Å²) in [6.07, 6.45) is 0. The van der Waals surface area contributed by atoms with Crippen molar-refractivity contribution < 1.29 is 9.18 Å². The van der Waals surface area contributed by atoms with Crippen LogP contribution in [0, 0.1) is 19.7 Å². The van der Waals surface area contributed by atoms with Gasteiger partial charge in [0.15, 0.2) is 0 Å². The highest BCUT2D eigenvalue weighted by Gasteiger charge is 2.16. The van der Waals surface area contributed by atoms with Crippen molar-refractivity contribution in [1.82, 2.24) is 0 Å². The van der Waals surface area contributed by atoms with Crippen molar-refractivity contribution >= 4 is 39.3 Å². The van der Waals surface area contributed by atoms with Crippen molar-refractivity contribution in [3.63, 3.8) is 0 Å². The van der Waals surface area contributed by atoms with Gasteiger partial charge in [-0.15, -0.1) is 11.8 Å². The summed E-state index contributed by atoms with van der Waals surface area (Å²) in [5, 5.41) is 2.80. The van der Waals surface area contributed by atoms with E-state index in [4.69, 9.17) is 0 Å². The maximum absolute atomic E-state index is 13.1. The van der Waals surface area contributed by atoms with Gasteiger partial charge in [0.05, 0.1) is 5.25 Å². The van der Waals surface area contributed by atoms with Gasteiger partial charge in [-0.3, -0.25) is 4.79 Å². The lowest BCUT2D eigenvalue weighted by Crippen LogP contribution is -2.23. The average molecular weight is 396 g/mol. The van der Waals surface area contributed by atoms with Crippen LogP contribution in [0.4, 0.5) is 10.1 Å². The molecule has 0 aliphatic carbocycles. The Kier molecular flexibility index (Phi) is 6.25. The monoisotopic (exact) mass is 395 g/mol. The zero-order chi connectivity index (χ0) is 17.0. The Labute approximate surface area is 149 Å². The number of hydrogen-bond acceptors (Lipinski definition) is 2. The normalized spacial score (nSPS) is 12.0. The van der Waals surface area contributed by atoms with Crippen LogP contribution in [0.5, 0.6) is 0 Å². The van der Waals surface area contributed by atoms with E-state index in [1.54, 1.807) is 6.07 Å². The Balaban J connectivity index is 1.97. The first-order chi connectivity index (χ1) is 10.9. The van der Waals surface area contributed by atoms with Gasteiger partial charge in [0.2, 0.25) is 5.91 Å². The van der Waals surface area contributed by atoms with E-state index in [0.29, 0.717) is 5.75 Å². The quantitative estimate of drug-likeness (QED) is 0.727. The minimum absolute atomic E-state index is 0.0226. The van der Waals surface area contributed by atoms with E-state index in [2.05, 4.69) is 21.2 Å². The molecule has 0 aliphatic heterocycles. The molecular formula is C18H19BrFNOS. The molecule has 0 unspecified atom stereocenters. The number of benzene rings is 2. The smallest absolute Gasteiger partial charge is 0.237 e. The van der Waals surface area contributed by atoms with Gasteiger partial charge in [0.1, 0.15) is 5.82 Å². The third kappa shape index (κ3) is 4.82. The van der Waals surface area contributed by atoms with Crippen LogP contribution in [0.1, 0.15) is 23.6 Å². The van der Waals surface area contributed by atoms with E-state index < -0.39 is 0 Å². The number of halogens is 2. The number of carbonyl (C=O) groups is 1. The fourth-order valence-electron chi connectivity index (χ4n) is 2.17. The third-order valence-corrected chi connectivity index (χ3v) is 5.53. The lowest BCUT2D eigenvalue weighted by molar-refractivity contribution is -0.115. The second kappa shape index (κ2) is 7.97. The summed E-state index contributed by atoms with van der Waals surface area (Å²) in [4.78, 5) is 12.4. The molecule has 5 heteroatoms. The van der Waals surface area contributed by atoms with E-state index in [9.17, 15) is 9.18 Å². The summed E-state index contributed by atoms with van der Waals surface area (Å²) < 4.78 is 13.8. The van der Waals surface area contributed by atoms with Crippen LogP contribution in [-0.4, -0.2) is 11.2 Å². The largest absolute Gasteiger partial charge is 0.325 e. The Hall–Kier alpha value is -1.33. The minimum Gasteiger partial charge on any atom is -0.325 e. The number of para-hydroxylation sites is 1. The standard InChI is InChI=1S/C18H19BrFNOS/c1-11-5-4-6-12(2)17(11)21-18(22)13(3)23-10-14-7-8-15(20)9-16(14)19/h4-9,13H,10H2,1-3H3,(H,21,22)/t13-/m0/s1. The summed E-state index contributed by atoms with van der Waals surface area (Å²) in [7, 11) is 0. The highest BCUT2D eigenvalue weighted by Crippen LogP contribution is 2.26. The molecule has 1 atom stereocenters. The van der Waals surface area contributed by atoms with Crippen molar-refractivity contribution in [3.8, 4) is 0 Å². The number of hydrogen-bond donors (Lipinski definition) is 1. The molecule has 0 aliphatic rings. The Morgan fingerprint density at radius 1 is 1.26 bits per heavy atom. The second-order valence-electron chi connectivity index (χ2n) is 5.45. The topological polar surface area (TPSA) is 29.1 Å². The Morgan fingerprint density at radius 3 is 2.52 bits per heavy atom. The number of nitrogens with one attached hydrogen (secondary N) is 1. The molecule has 0 radical (unpaired) electrons. The molecule has 0 saturated heterocycles. The average Bonchev–Trinajstić information content (AvgIpc) is 2.49. The Bertz CT molecular complexity index is 700. The van der Waals surface area contributed by atoms with Crippen molar-refractivity contribution in [1.29, 1.82) is 0 Å². The van der Waals surface area contributed by atoms with Crippen molar-refractivity contribution in [3.05, 3.63) is 63.4 Å². The fourth-order valence-corrected chi connectivity index (χ4v) is 3.73. The molecule has 0 aromatic heterocycles. The van der Waals surface area contributed by atoms with Crippen molar-refractivity contribution in [2.24, 2.45) is 0 Å². The van der Waals surface area contributed by atoms with Crippen LogP contribution < -0.4 is 5.32 Å². The lowest BCUT2D eigenvalue weighted by atomic mass is 10.1. The molecule has 0 spiro atoms. The van der Waals surface area contributed by atoms with E-state index in [0.717, 1.165) is 26.9 Å². The number of amides is 1. The molecule has 0 bridgehead atoms. The molecule has 122 valence electrons. The molecule has 2 nitrogen and oxygen atoms in total. The van der Waals surface area contributed by atoms with Crippen molar-refractivity contribution in [2.45, 2.75) is 31.8 Å². The zero-order valence-corrected chi connectivity index (χ0v) is 15.7. The van der Waals surface area contributed by atoms with Gasteiger partial charge in [0, 0.05) is 15.9 Å². The van der Waals surface area contributed by atoms with Crippen LogP contribution in [0.15, 0.2) is 40.9 Å². The third-order valence-electron chi connectivity index (χ3n) is 3.60. The van der Waals surface area contributed by atoms with Crippen LogP contribution in [0.2, 0.25) is 0 Å². The summed E-state index contributed by atoms with van der Waals surface area (Å²) >= 11 is 4.88. The molecule has 2 rings (SSSR count).